The standard InChI is InChI=1S/C13H12ClNO3/c14-10-3-1-9(2-4-10)11(7-15)13(16)12-8-17-5-6-18-12/h1-4,11-12H,5-6,8H2. The molecule has 0 N–H and O–H groups in total. The van der Waals surface area contributed by atoms with Gasteiger partial charge in [0.05, 0.1) is 25.9 Å². The predicted octanol–water partition coefficient (Wildman–Crippen LogP) is 1.93. The molecule has 0 aromatic heterocycles. The second-order valence-corrected chi connectivity index (χ2v) is 4.39. The first-order chi connectivity index (χ1) is 8.72. The third-order valence-corrected chi connectivity index (χ3v) is 3.00. The van der Waals surface area contributed by atoms with Crippen molar-refractivity contribution in [1.29, 1.82) is 5.26 Å². The van der Waals surface area contributed by atoms with Crippen molar-refractivity contribution in [3.63, 3.8) is 0 Å². The fourth-order valence-corrected chi connectivity index (χ4v) is 1.92. The van der Waals surface area contributed by atoms with E-state index in [1.54, 1.807) is 24.3 Å². The number of hydrogen-bond donors (Lipinski definition) is 0. The Bertz CT molecular complexity index is 460. The molecule has 1 aliphatic heterocycles. The first-order valence-corrected chi connectivity index (χ1v) is 5.98. The highest BCUT2D eigenvalue weighted by atomic mass is 35.5. The molecular formula is C13H12ClNO3. The van der Waals surface area contributed by atoms with Crippen molar-refractivity contribution in [2.24, 2.45) is 0 Å². The highest BCUT2D eigenvalue weighted by molar-refractivity contribution is 6.30. The Morgan fingerprint density at radius 1 is 1.39 bits per heavy atom. The topological polar surface area (TPSA) is 59.3 Å². The van der Waals surface area contributed by atoms with Crippen LogP contribution >= 0.6 is 11.6 Å². The Balaban J connectivity index is 2.15. The molecule has 1 aromatic carbocycles. The van der Waals surface area contributed by atoms with Crippen molar-refractivity contribution < 1.29 is 14.3 Å². The number of ether oxygens (including phenoxy) is 2. The van der Waals surface area contributed by atoms with E-state index in [0.29, 0.717) is 23.8 Å². The fourth-order valence-electron chi connectivity index (χ4n) is 1.80. The maximum absolute atomic E-state index is 12.2. The molecule has 1 aromatic rings. The van der Waals surface area contributed by atoms with Crippen molar-refractivity contribution >= 4 is 17.4 Å². The Morgan fingerprint density at radius 3 is 2.67 bits per heavy atom. The molecule has 2 atom stereocenters. The van der Waals surface area contributed by atoms with Gasteiger partial charge in [0.1, 0.15) is 12.0 Å². The Labute approximate surface area is 110 Å². The summed E-state index contributed by atoms with van der Waals surface area (Å²) in [6, 6.07) is 8.68. The van der Waals surface area contributed by atoms with Crippen molar-refractivity contribution in [2.45, 2.75) is 12.0 Å². The molecule has 0 amide bonds. The van der Waals surface area contributed by atoms with Crippen molar-refractivity contribution in [3.8, 4) is 6.07 Å². The minimum Gasteiger partial charge on any atom is -0.376 e. The number of Topliss-reactive ketones (excluding diaryl/α,β-unsaturated/α-hetero) is 1. The number of hydrogen-bond acceptors (Lipinski definition) is 4. The second kappa shape index (κ2) is 5.96. The van der Waals surface area contributed by atoms with Gasteiger partial charge in [0.15, 0.2) is 5.78 Å². The highest BCUT2D eigenvalue weighted by Gasteiger charge is 2.30. The van der Waals surface area contributed by atoms with Gasteiger partial charge < -0.3 is 9.47 Å². The molecule has 5 heteroatoms. The van der Waals surface area contributed by atoms with Gasteiger partial charge in [0.2, 0.25) is 0 Å². The molecule has 1 aliphatic rings. The summed E-state index contributed by atoms with van der Waals surface area (Å²) in [6.45, 7) is 1.09. The lowest BCUT2D eigenvalue weighted by atomic mass is 9.93. The summed E-state index contributed by atoms with van der Waals surface area (Å²) in [5, 5.41) is 9.72. The van der Waals surface area contributed by atoms with Gasteiger partial charge in [0, 0.05) is 5.02 Å². The Morgan fingerprint density at radius 2 is 2.11 bits per heavy atom. The first kappa shape index (κ1) is 13.0. The molecule has 0 radical (unpaired) electrons. The third-order valence-electron chi connectivity index (χ3n) is 2.75. The first-order valence-electron chi connectivity index (χ1n) is 5.60. The Kier molecular flexibility index (Phi) is 4.32. The van der Waals surface area contributed by atoms with E-state index in [0.717, 1.165) is 0 Å². The molecule has 94 valence electrons. The minimum atomic E-state index is -0.839. The minimum absolute atomic E-state index is 0.213. The number of ketones is 1. The van der Waals surface area contributed by atoms with Gasteiger partial charge in [-0.25, -0.2) is 0 Å². The monoisotopic (exact) mass is 265 g/mol. The van der Waals surface area contributed by atoms with E-state index < -0.39 is 12.0 Å². The van der Waals surface area contributed by atoms with Crippen LogP contribution < -0.4 is 0 Å². The third kappa shape index (κ3) is 2.88. The van der Waals surface area contributed by atoms with E-state index in [2.05, 4.69) is 0 Å². The second-order valence-electron chi connectivity index (χ2n) is 3.95. The number of carbonyl (C=O) groups is 1. The molecular weight excluding hydrogens is 254 g/mol. The largest absolute Gasteiger partial charge is 0.376 e. The Hall–Kier alpha value is -1.41. The van der Waals surface area contributed by atoms with Crippen LogP contribution in [0, 0.1) is 11.3 Å². The van der Waals surface area contributed by atoms with Gasteiger partial charge in [0.25, 0.3) is 0 Å². The molecule has 0 saturated carbocycles. The quantitative estimate of drug-likeness (QED) is 0.838. The fraction of sp³-hybridized carbons (Fsp3) is 0.385. The van der Waals surface area contributed by atoms with Crippen LogP contribution in [0.25, 0.3) is 0 Å². The summed E-state index contributed by atoms with van der Waals surface area (Å²) in [5.74, 6) is -1.10. The van der Waals surface area contributed by atoms with Gasteiger partial charge >= 0.3 is 0 Å². The molecule has 0 bridgehead atoms. The molecule has 2 unspecified atom stereocenters. The van der Waals surface area contributed by atoms with Crippen LogP contribution in [-0.2, 0) is 14.3 Å². The number of nitriles is 1. The zero-order valence-corrected chi connectivity index (χ0v) is 10.4. The smallest absolute Gasteiger partial charge is 0.185 e. The molecule has 0 spiro atoms. The lowest BCUT2D eigenvalue weighted by molar-refractivity contribution is -0.145. The normalized spacial score (nSPS) is 21.0. The van der Waals surface area contributed by atoms with Crippen molar-refractivity contribution in [2.75, 3.05) is 19.8 Å². The van der Waals surface area contributed by atoms with Gasteiger partial charge in [-0.05, 0) is 17.7 Å². The molecule has 1 saturated heterocycles. The van der Waals surface area contributed by atoms with E-state index in [4.69, 9.17) is 26.3 Å². The number of rotatable bonds is 3. The highest BCUT2D eigenvalue weighted by Crippen LogP contribution is 2.21. The summed E-state index contributed by atoms with van der Waals surface area (Å²) >= 11 is 5.78. The van der Waals surface area contributed by atoms with Crippen LogP contribution in [0.4, 0.5) is 0 Å². The molecule has 0 aliphatic carbocycles. The van der Waals surface area contributed by atoms with Crippen LogP contribution in [0.15, 0.2) is 24.3 Å². The molecule has 2 rings (SSSR count). The van der Waals surface area contributed by atoms with E-state index in [-0.39, 0.29) is 12.4 Å². The molecule has 4 nitrogen and oxygen atoms in total. The number of benzene rings is 1. The molecule has 18 heavy (non-hydrogen) atoms. The number of halogens is 1. The average molecular weight is 266 g/mol. The van der Waals surface area contributed by atoms with Crippen molar-refractivity contribution in [3.05, 3.63) is 34.9 Å². The summed E-state index contributed by atoms with van der Waals surface area (Å²) in [7, 11) is 0. The molecule has 1 fully saturated rings. The van der Waals surface area contributed by atoms with Gasteiger partial charge in [-0.2, -0.15) is 5.26 Å². The van der Waals surface area contributed by atoms with Crippen LogP contribution in [0.3, 0.4) is 0 Å². The summed E-state index contributed by atoms with van der Waals surface area (Å²) in [4.78, 5) is 12.2. The summed E-state index contributed by atoms with van der Waals surface area (Å²) in [5.41, 5.74) is 0.626. The predicted molar refractivity (Wildman–Crippen MR) is 65.4 cm³/mol. The van der Waals surface area contributed by atoms with Gasteiger partial charge in [-0.3, -0.25) is 4.79 Å². The van der Waals surface area contributed by atoms with Crippen LogP contribution in [0.1, 0.15) is 11.5 Å². The van der Waals surface area contributed by atoms with Gasteiger partial charge in [-0.15, -0.1) is 0 Å². The zero-order valence-electron chi connectivity index (χ0n) is 9.64. The maximum Gasteiger partial charge on any atom is 0.185 e. The lowest BCUT2D eigenvalue weighted by Gasteiger charge is -2.23. The van der Waals surface area contributed by atoms with E-state index in [1.165, 1.54) is 0 Å². The van der Waals surface area contributed by atoms with Gasteiger partial charge in [-0.1, -0.05) is 23.7 Å². The lowest BCUT2D eigenvalue weighted by Crippen LogP contribution is -2.38. The number of carbonyl (C=O) groups excluding carboxylic acids is 1. The van der Waals surface area contributed by atoms with Crippen molar-refractivity contribution in [1.82, 2.24) is 0 Å². The van der Waals surface area contributed by atoms with Crippen LogP contribution in [0.5, 0.6) is 0 Å². The van der Waals surface area contributed by atoms with E-state index >= 15 is 0 Å². The SMILES string of the molecule is N#CC(C(=O)C1COCCO1)c1ccc(Cl)cc1. The molecule has 1 heterocycles. The zero-order chi connectivity index (χ0) is 13.0. The van der Waals surface area contributed by atoms with Crippen LogP contribution in [-0.4, -0.2) is 31.7 Å². The van der Waals surface area contributed by atoms with E-state index in [1.807, 2.05) is 6.07 Å². The summed E-state index contributed by atoms with van der Waals surface area (Å²) in [6.07, 6.45) is -0.654. The van der Waals surface area contributed by atoms with Crippen LogP contribution in [0.2, 0.25) is 5.02 Å². The van der Waals surface area contributed by atoms with E-state index in [9.17, 15) is 4.79 Å². The number of nitrogens with zero attached hydrogens (tertiary/aromatic N) is 1. The maximum atomic E-state index is 12.2. The summed E-state index contributed by atoms with van der Waals surface area (Å²) < 4.78 is 10.5. The average Bonchev–Trinajstić information content (AvgIpc) is 2.42.